The fourth-order valence-electron chi connectivity index (χ4n) is 4.33. The summed E-state index contributed by atoms with van der Waals surface area (Å²) in [5.74, 6) is -1.29. The van der Waals surface area contributed by atoms with Gasteiger partial charge in [0.05, 0.1) is 24.6 Å². The van der Waals surface area contributed by atoms with E-state index < -0.39 is 17.8 Å². The number of morpholine rings is 1. The molecule has 0 bridgehead atoms. The molecule has 2 fully saturated rings. The average Bonchev–Trinajstić information content (AvgIpc) is 2.89. The van der Waals surface area contributed by atoms with Crippen LogP contribution in [-0.2, 0) is 14.3 Å². The van der Waals surface area contributed by atoms with Crippen molar-refractivity contribution in [1.29, 1.82) is 0 Å². The van der Waals surface area contributed by atoms with E-state index in [0.29, 0.717) is 24.6 Å². The fraction of sp³-hybridized carbons (Fsp3) is 0.179. The Morgan fingerprint density at radius 2 is 1.26 bits per heavy atom. The van der Waals surface area contributed by atoms with Gasteiger partial charge in [0.2, 0.25) is 0 Å². The number of anilines is 3. The molecule has 3 aromatic rings. The van der Waals surface area contributed by atoms with Crippen LogP contribution in [0.4, 0.5) is 21.9 Å². The van der Waals surface area contributed by atoms with Gasteiger partial charge in [-0.2, -0.15) is 0 Å². The van der Waals surface area contributed by atoms with Crippen molar-refractivity contribution in [1.82, 2.24) is 0 Å². The lowest BCUT2D eigenvalue weighted by Gasteiger charge is -2.34. The van der Waals surface area contributed by atoms with Gasteiger partial charge in [0.1, 0.15) is 5.57 Å². The number of hydrogen-bond donors (Lipinski definition) is 0. The molecule has 2 saturated heterocycles. The van der Waals surface area contributed by atoms with Crippen LogP contribution in [0.2, 0.25) is 0 Å². The summed E-state index contributed by atoms with van der Waals surface area (Å²) in [6.45, 7) is 4.95. The Morgan fingerprint density at radius 3 is 1.77 bits per heavy atom. The van der Waals surface area contributed by atoms with E-state index in [4.69, 9.17) is 4.74 Å². The van der Waals surface area contributed by atoms with E-state index in [9.17, 15) is 14.4 Å². The number of carbonyl (C=O) groups excluding carboxylic acids is 3. The smallest absolute Gasteiger partial charge is 0.343 e. The minimum atomic E-state index is -0.700. The molecule has 4 amide bonds. The molecule has 0 atom stereocenters. The van der Waals surface area contributed by atoms with Crippen LogP contribution in [-0.4, -0.2) is 44.1 Å². The Balaban J connectivity index is 1.57. The van der Waals surface area contributed by atoms with Gasteiger partial charge in [-0.25, -0.2) is 14.6 Å². The van der Waals surface area contributed by atoms with Gasteiger partial charge in [-0.05, 0) is 60.5 Å². The molecule has 0 N–H and O–H groups in total. The van der Waals surface area contributed by atoms with Crippen LogP contribution in [0.15, 0.2) is 84.4 Å². The van der Waals surface area contributed by atoms with Gasteiger partial charge < -0.3 is 9.64 Å². The third-order valence-corrected chi connectivity index (χ3v) is 6.21. The molecule has 0 radical (unpaired) electrons. The second-order valence-corrected chi connectivity index (χ2v) is 8.43. The van der Waals surface area contributed by atoms with Gasteiger partial charge in [0, 0.05) is 18.8 Å². The lowest BCUT2D eigenvalue weighted by molar-refractivity contribution is -0.121. The van der Waals surface area contributed by atoms with Gasteiger partial charge in [-0.3, -0.25) is 9.59 Å². The molecule has 0 spiro atoms. The topological polar surface area (TPSA) is 70.2 Å². The zero-order valence-corrected chi connectivity index (χ0v) is 19.4. The number of hydrogen-bond acceptors (Lipinski definition) is 5. The summed E-state index contributed by atoms with van der Waals surface area (Å²) in [7, 11) is 0. The number of ether oxygens (including phenoxy) is 1. The molecule has 176 valence electrons. The van der Waals surface area contributed by atoms with E-state index in [0.717, 1.165) is 39.7 Å². The van der Waals surface area contributed by atoms with E-state index >= 15 is 0 Å². The molecule has 0 unspecified atom stereocenters. The van der Waals surface area contributed by atoms with Gasteiger partial charge in [-0.1, -0.05) is 42.5 Å². The van der Waals surface area contributed by atoms with E-state index in [1.165, 1.54) is 0 Å². The number of amides is 4. The largest absolute Gasteiger partial charge is 0.378 e. The molecule has 0 aromatic heterocycles. The molecular weight excluding hydrogens is 442 g/mol. The van der Waals surface area contributed by atoms with Crippen LogP contribution in [0.3, 0.4) is 0 Å². The maximum absolute atomic E-state index is 13.5. The van der Waals surface area contributed by atoms with Gasteiger partial charge in [-0.15, -0.1) is 0 Å². The van der Waals surface area contributed by atoms with Crippen molar-refractivity contribution in [3.63, 3.8) is 0 Å². The molecule has 35 heavy (non-hydrogen) atoms. The fourth-order valence-corrected chi connectivity index (χ4v) is 4.33. The summed E-state index contributed by atoms with van der Waals surface area (Å²) < 4.78 is 5.44. The van der Waals surface area contributed by atoms with E-state index in [1.807, 2.05) is 25.1 Å². The molecular formula is C28H25N3O4. The Labute approximate surface area is 203 Å². The molecule has 2 aliphatic heterocycles. The molecule has 3 aromatic carbocycles. The number of aryl methyl sites for hydroxylation is 1. The maximum Gasteiger partial charge on any atom is 0.343 e. The summed E-state index contributed by atoms with van der Waals surface area (Å²) in [4.78, 5) is 44.8. The van der Waals surface area contributed by atoms with Crippen LogP contribution >= 0.6 is 0 Å². The van der Waals surface area contributed by atoms with Crippen molar-refractivity contribution in [2.45, 2.75) is 6.92 Å². The highest BCUT2D eigenvalue weighted by atomic mass is 16.5. The van der Waals surface area contributed by atoms with Gasteiger partial charge >= 0.3 is 6.03 Å². The van der Waals surface area contributed by atoms with Crippen molar-refractivity contribution in [3.8, 4) is 0 Å². The van der Waals surface area contributed by atoms with Crippen molar-refractivity contribution in [2.75, 3.05) is 41.0 Å². The minimum Gasteiger partial charge on any atom is -0.378 e. The van der Waals surface area contributed by atoms with Crippen LogP contribution < -0.4 is 14.7 Å². The Kier molecular flexibility index (Phi) is 6.16. The predicted octanol–water partition coefficient (Wildman–Crippen LogP) is 4.42. The second kappa shape index (κ2) is 9.56. The number of barbiturate groups is 1. The zero-order chi connectivity index (χ0) is 24.4. The number of rotatable bonds is 4. The zero-order valence-electron chi connectivity index (χ0n) is 19.4. The van der Waals surface area contributed by atoms with Gasteiger partial charge in [0.15, 0.2) is 0 Å². The van der Waals surface area contributed by atoms with Crippen LogP contribution in [0.5, 0.6) is 0 Å². The van der Waals surface area contributed by atoms with Crippen LogP contribution in [0.25, 0.3) is 6.08 Å². The molecule has 7 heteroatoms. The van der Waals surface area contributed by atoms with Crippen LogP contribution in [0, 0.1) is 6.92 Å². The monoisotopic (exact) mass is 467 g/mol. The maximum atomic E-state index is 13.5. The van der Waals surface area contributed by atoms with Crippen molar-refractivity contribution < 1.29 is 19.1 Å². The van der Waals surface area contributed by atoms with Crippen LogP contribution in [0.1, 0.15) is 11.1 Å². The summed E-state index contributed by atoms with van der Waals surface area (Å²) in [6.07, 6.45) is 1.58. The lowest BCUT2D eigenvalue weighted by atomic mass is 10.0. The number of nitrogens with zero attached hydrogens (tertiary/aromatic N) is 3. The summed E-state index contributed by atoms with van der Waals surface area (Å²) >= 11 is 0. The summed E-state index contributed by atoms with van der Waals surface area (Å²) in [5.41, 5.74) is 3.48. The highest BCUT2D eigenvalue weighted by molar-refractivity contribution is 6.46. The summed E-state index contributed by atoms with van der Waals surface area (Å²) in [5, 5.41) is 0. The Hall–Kier alpha value is -4.23. The first-order chi connectivity index (χ1) is 17.0. The first-order valence-electron chi connectivity index (χ1n) is 11.5. The van der Waals surface area contributed by atoms with E-state index in [2.05, 4.69) is 4.90 Å². The average molecular weight is 468 g/mol. The number of para-hydroxylation sites is 2. The third kappa shape index (κ3) is 4.34. The number of benzene rings is 3. The second-order valence-electron chi connectivity index (χ2n) is 8.43. The first-order valence-corrected chi connectivity index (χ1v) is 11.5. The Morgan fingerprint density at radius 1 is 0.714 bits per heavy atom. The molecule has 2 heterocycles. The minimum absolute atomic E-state index is 0.0699. The summed E-state index contributed by atoms with van der Waals surface area (Å²) in [6, 6.07) is 22.5. The highest BCUT2D eigenvalue weighted by Crippen LogP contribution is 2.30. The quantitative estimate of drug-likeness (QED) is 0.420. The molecule has 0 aliphatic carbocycles. The molecule has 5 rings (SSSR count). The van der Waals surface area contributed by atoms with Crippen molar-refractivity contribution >= 4 is 41.0 Å². The van der Waals surface area contributed by atoms with Crippen molar-refractivity contribution in [2.24, 2.45) is 0 Å². The number of imide groups is 2. The Bertz CT molecular complexity index is 1230. The van der Waals surface area contributed by atoms with Gasteiger partial charge in [0.25, 0.3) is 11.8 Å². The SMILES string of the molecule is Cc1cc(N2CCOCC2)ccc1C=C1C(=O)N(c2ccccc2)C(=O)N(c2ccccc2)C1=O. The molecule has 2 aliphatic rings. The lowest BCUT2D eigenvalue weighted by Crippen LogP contribution is -2.57. The van der Waals surface area contributed by atoms with Crippen molar-refractivity contribution in [3.05, 3.63) is 95.6 Å². The van der Waals surface area contributed by atoms with E-state index in [-0.39, 0.29) is 5.57 Å². The normalized spacial score (nSPS) is 16.7. The molecule has 7 nitrogen and oxygen atoms in total. The third-order valence-electron chi connectivity index (χ3n) is 6.21. The van der Waals surface area contributed by atoms with E-state index in [1.54, 1.807) is 66.7 Å². The highest BCUT2D eigenvalue weighted by Gasteiger charge is 2.43. The number of carbonyl (C=O) groups is 3. The predicted molar refractivity (Wildman–Crippen MR) is 135 cm³/mol. The standard InChI is InChI=1S/C28H25N3O4/c1-20-18-24(29-14-16-35-17-15-29)13-12-21(20)19-25-26(32)30(22-8-4-2-5-9-22)28(34)31(27(25)33)23-10-6-3-7-11-23/h2-13,18-19H,14-17H2,1H3. The number of urea groups is 1. The molecule has 0 saturated carbocycles. The first kappa shape index (κ1) is 22.6.